The standard InChI is InChI=1S/C26H46N6O16S/c1-31-2-4-32(5-3-31)7-15(37)29-17(21(42)19(40)13(35)8-33)24(45)27-11(6-16(38)39)23(44)30-18(22(43)20(41)14(36)9-34)25(46)28-12(10-49)26(47)48/h11-14,17-22,33-36,40-43,49H,2-10H2,1H3,(H,27,45)(H,28,46)(H,29,37)(H,30,44)(H,38,39)(H,47,48)/t11-,12+,13+,14+,17-,18-,19+,20+,21+,22+/m0/s1. The van der Waals surface area contributed by atoms with E-state index in [1.165, 1.54) is 0 Å². The van der Waals surface area contributed by atoms with Crippen LogP contribution in [0.15, 0.2) is 0 Å². The van der Waals surface area contributed by atoms with Crippen molar-refractivity contribution in [2.45, 2.75) is 67.2 Å². The molecule has 1 fully saturated rings. The van der Waals surface area contributed by atoms with Gasteiger partial charge in [-0.15, -0.1) is 0 Å². The lowest BCUT2D eigenvalue weighted by Crippen LogP contribution is -2.65. The number of aliphatic carboxylic acids is 2. The summed E-state index contributed by atoms with van der Waals surface area (Å²) in [5.41, 5.74) is 0. The summed E-state index contributed by atoms with van der Waals surface area (Å²) in [5.74, 6) is -9.26. The number of aliphatic hydroxyl groups is 8. The molecule has 0 aliphatic carbocycles. The molecule has 1 aliphatic rings. The van der Waals surface area contributed by atoms with E-state index in [4.69, 9.17) is 5.11 Å². The van der Waals surface area contributed by atoms with Crippen molar-refractivity contribution in [3.05, 3.63) is 0 Å². The molecule has 22 nitrogen and oxygen atoms in total. The Morgan fingerprint density at radius 3 is 1.51 bits per heavy atom. The van der Waals surface area contributed by atoms with E-state index in [9.17, 15) is 74.7 Å². The molecule has 0 aromatic carbocycles. The fraction of sp³-hybridized carbons (Fsp3) is 0.769. The van der Waals surface area contributed by atoms with Crippen molar-refractivity contribution in [2.24, 2.45) is 0 Å². The minimum absolute atomic E-state index is 0.303. The Morgan fingerprint density at radius 2 is 1.10 bits per heavy atom. The Bertz CT molecular complexity index is 1130. The van der Waals surface area contributed by atoms with Crippen molar-refractivity contribution >= 4 is 48.2 Å². The van der Waals surface area contributed by atoms with Gasteiger partial charge in [0, 0.05) is 31.9 Å². The van der Waals surface area contributed by atoms with Crippen molar-refractivity contribution in [3.63, 3.8) is 0 Å². The zero-order valence-electron chi connectivity index (χ0n) is 26.4. The van der Waals surface area contributed by atoms with Gasteiger partial charge < -0.3 is 77.2 Å². The van der Waals surface area contributed by atoms with E-state index in [1.54, 1.807) is 4.90 Å². The van der Waals surface area contributed by atoms with Crippen LogP contribution in [0.3, 0.4) is 0 Å². The van der Waals surface area contributed by atoms with Gasteiger partial charge in [0.25, 0.3) is 0 Å². The number of amides is 4. The maximum Gasteiger partial charge on any atom is 0.327 e. The van der Waals surface area contributed by atoms with Gasteiger partial charge in [0.1, 0.15) is 60.8 Å². The van der Waals surface area contributed by atoms with Crippen LogP contribution in [0, 0.1) is 0 Å². The third kappa shape index (κ3) is 13.9. The van der Waals surface area contributed by atoms with Crippen LogP contribution < -0.4 is 21.3 Å². The van der Waals surface area contributed by atoms with E-state index in [1.807, 2.05) is 27.9 Å². The number of carbonyl (C=O) groups excluding carboxylic acids is 4. The van der Waals surface area contributed by atoms with Gasteiger partial charge in [-0.3, -0.25) is 28.9 Å². The molecule has 282 valence electrons. The minimum Gasteiger partial charge on any atom is -0.481 e. The Balaban J connectivity index is 3.38. The van der Waals surface area contributed by atoms with Crippen molar-refractivity contribution in [2.75, 3.05) is 58.7 Å². The topological polar surface area (TPSA) is 359 Å². The third-order valence-electron chi connectivity index (χ3n) is 7.50. The molecular formula is C26H46N6O16S. The number of carboxylic acids is 2. The number of hydrogen-bond donors (Lipinski definition) is 15. The van der Waals surface area contributed by atoms with Crippen molar-refractivity contribution in [1.82, 2.24) is 31.1 Å². The van der Waals surface area contributed by atoms with E-state index in [-0.39, 0.29) is 6.54 Å². The zero-order valence-corrected chi connectivity index (χ0v) is 27.3. The lowest BCUT2D eigenvalue weighted by molar-refractivity contribution is -0.147. The van der Waals surface area contributed by atoms with Crippen molar-refractivity contribution in [1.29, 1.82) is 0 Å². The largest absolute Gasteiger partial charge is 0.481 e. The Kier molecular flexibility index (Phi) is 18.8. The van der Waals surface area contributed by atoms with Crippen molar-refractivity contribution in [3.8, 4) is 0 Å². The predicted molar refractivity (Wildman–Crippen MR) is 166 cm³/mol. The van der Waals surface area contributed by atoms with Gasteiger partial charge in [-0.1, -0.05) is 0 Å². The summed E-state index contributed by atoms with van der Waals surface area (Å²) in [6.07, 6.45) is -14.8. The van der Waals surface area contributed by atoms with Gasteiger partial charge in [0.15, 0.2) is 0 Å². The molecule has 10 atom stereocenters. The predicted octanol–water partition coefficient (Wildman–Crippen LogP) is -9.19. The number of nitrogens with one attached hydrogen (secondary N) is 4. The number of thiol groups is 1. The average molecular weight is 731 g/mol. The second-order valence-corrected chi connectivity index (χ2v) is 11.7. The first-order valence-corrected chi connectivity index (χ1v) is 15.5. The van der Waals surface area contributed by atoms with Gasteiger partial charge in [-0.2, -0.15) is 12.6 Å². The highest BCUT2D eigenvalue weighted by atomic mass is 32.1. The number of carboxylic acid groups (broad SMARTS) is 2. The van der Waals surface area contributed by atoms with Crippen LogP contribution in [0.2, 0.25) is 0 Å². The molecule has 0 unspecified atom stereocenters. The van der Waals surface area contributed by atoms with E-state index in [0.717, 1.165) is 0 Å². The number of carbonyl (C=O) groups is 6. The fourth-order valence-corrected chi connectivity index (χ4v) is 4.70. The lowest BCUT2D eigenvalue weighted by atomic mass is 9.98. The molecule has 1 saturated heterocycles. The maximum atomic E-state index is 13.4. The Labute approximate surface area is 285 Å². The normalized spacial score (nSPS) is 20.2. The minimum atomic E-state index is -2.47. The number of aliphatic hydroxyl groups excluding tert-OH is 8. The van der Waals surface area contributed by atoms with Gasteiger partial charge in [0.2, 0.25) is 23.6 Å². The molecule has 0 spiro atoms. The highest BCUT2D eigenvalue weighted by Crippen LogP contribution is 2.10. The summed E-state index contributed by atoms with van der Waals surface area (Å²) in [4.78, 5) is 79.2. The molecule has 0 aromatic rings. The van der Waals surface area contributed by atoms with E-state index in [2.05, 4.69) is 17.9 Å². The van der Waals surface area contributed by atoms with Gasteiger partial charge in [-0.25, -0.2) is 4.79 Å². The van der Waals surface area contributed by atoms with E-state index >= 15 is 0 Å². The SMILES string of the molecule is CN1CCN(CC(=O)N[C@H](C(=O)N[C@@H](CC(=O)O)C(=O)N[C@H](C(=O)N[C@H](CS)C(=O)O)[C@@H](O)[C@H](O)[C@H](O)CO)[C@@H](O)[C@H](O)[C@H](O)CO)CC1. The highest BCUT2D eigenvalue weighted by molar-refractivity contribution is 7.80. The van der Waals surface area contributed by atoms with Gasteiger partial charge in [-0.05, 0) is 7.05 Å². The molecule has 1 aliphatic heterocycles. The number of rotatable bonds is 21. The molecule has 49 heavy (non-hydrogen) atoms. The first kappa shape index (κ1) is 43.8. The molecule has 14 N–H and O–H groups in total. The second kappa shape index (κ2) is 21.1. The molecular weight excluding hydrogens is 684 g/mol. The monoisotopic (exact) mass is 730 g/mol. The summed E-state index contributed by atoms with van der Waals surface area (Å²) in [6.45, 7) is -0.449. The third-order valence-corrected chi connectivity index (χ3v) is 7.86. The van der Waals surface area contributed by atoms with Crippen LogP contribution in [0.25, 0.3) is 0 Å². The number of hydrogen-bond acceptors (Lipinski definition) is 17. The molecule has 1 heterocycles. The molecule has 0 radical (unpaired) electrons. The molecule has 23 heteroatoms. The summed E-state index contributed by atoms with van der Waals surface area (Å²) in [6, 6.07) is -8.45. The van der Waals surface area contributed by atoms with Crippen LogP contribution in [0.5, 0.6) is 0 Å². The first-order valence-electron chi connectivity index (χ1n) is 14.8. The maximum absolute atomic E-state index is 13.4. The zero-order chi connectivity index (χ0) is 37.6. The summed E-state index contributed by atoms with van der Waals surface area (Å²) < 4.78 is 0. The lowest BCUT2D eigenvalue weighted by Gasteiger charge is -2.33. The second-order valence-electron chi connectivity index (χ2n) is 11.3. The average Bonchev–Trinajstić information content (AvgIpc) is 3.06. The van der Waals surface area contributed by atoms with Crippen LogP contribution in [-0.2, 0) is 28.8 Å². The smallest absolute Gasteiger partial charge is 0.327 e. The highest BCUT2D eigenvalue weighted by Gasteiger charge is 2.41. The number of piperazine rings is 1. The summed E-state index contributed by atoms with van der Waals surface area (Å²) >= 11 is 3.77. The molecule has 1 rings (SSSR count). The van der Waals surface area contributed by atoms with Gasteiger partial charge in [0.05, 0.1) is 26.2 Å². The molecule has 0 aromatic heterocycles. The molecule has 0 saturated carbocycles. The van der Waals surface area contributed by atoms with E-state index < -0.39 is 122 Å². The Hall–Kier alpha value is -3.23. The van der Waals surface area contributed by atoms with Crippen LogP contribution in [-0.4, -0.2) is 216 Å². The summed E-state index contributed by atoms with van der Waals surface area (Å²) in [7, 11) is 1.86. The van der Waals surface area contributed by atoms with Crippen molar-refractivity contribution < 1.29 is 79.8 Å². The fourth-order valence-electron chi connectivity index (χ4n) is 4.45. The van der Waals surface area contributed by atoms with Crippen LogP contribution in [0.4, 0.5) is 0 Å². The van der Waals surface area contributed by atoms with Crippen LogP contribution in [0.1, 0.15) is 6.42 Å². The van der Waals surface area contributed by atoms with Gasteiger partial charge >= 0.3 is 11.9 Å². The van der Waals surface area contributed by atoms with E-state index in [0.29, 0.717) is 26.2 Å². The molecule has 0 bridgehead atoms. The van der Waals surface area contributed by atoms with Crippen LogP contribution >= 0.6 is 12.6 Å². The Morgan fingerprint density at radius 1 is 0.653 bits per heavy atom. The quantitative estimate of drug-likeness (QED) is 0.0487. The first-order chi connectivity index (χ1) is 22.9. The number of nitrogens with zero attached hydrogens (tertiary/aromatic N) is 2. The molecule has 4 amide bonds. The summed E-state index contributed by atoms with van der Waals surface area (Å²) in [5, 5.41) is 106. The number of likely N-dealkylation sites (N-methyl/N-ethyl adjacent to an activating group) is 1.